The first-order chi connectivity index (χ1) is 37.9. The SMILES string of the molecule is CC(=O)OC(C)=O.CC[C@@]1(O)C(=O)OCc2c1cc1n(c2=O)Cc2c-1nc1ccccc1c2CC[Si](C)(C)CN=[N+]=[N-].CC[C@@]1(OC(C)=O)C(=O)OCc2c1cc1n(c2=O)Cc2c-1nc1ccccc1c2CC[Si](C)(C)CN=[N+]=[N-]. The number of benzene rings is 2. The van der Waals surface area contributed by atoms with Gasteiger partial charge in [0.25, 0.3) is 11.1 Å². The fourth-order valence-corrected chi connectivity index (χ4v) is 14.0. The van der Waals surface area contributed by atoms with E-state index in [0.717, 1.165) is 69.0 Å². The monoisotopic (exact) mass is 1120 g/mol. The average Bonchev–Trinajstić information content (AvgIpc) is 4.08. The van der Waals surface area contributed by atoms with Crippen LogP contribution in [0.15, 0.2) is 80.5 Å². The number of para-hydroxylation sites is 2. The number of ether oxygens (including phenoxy) is 4. The van der Waals surface area contributed by atoms with Crippen molar-refractivity contribution in [1.29, 1.82) is 0 Å². The number of pyridine rings is 4. The zero-order valence-electron chi connectivity index (χ0n) is 46.2. The molecule has 0 saturated carbocycles. The highest BCUT2D eigenvalue weighted by atomic mass is 28.3. The van der Waals surface area contributed by atoms with Crippen molar-refractivity contribution in [1.82, 2.24) is 19.1 Å². The van der Waals surface area contributed by atoms with Crippen LogP contribution in [0.25, 0.3) is 65.5 Å². The molecular weight excluding hydrogens is 1060 g/mol. The Kier molecular flexibility index (Phi) is 16.5. The van der Waals surface area contributed by atoms with Crippen LogP contribution >= 0.6 is 0 Å². The number of carbonyl (C=O) groups excluding carboxylic acids is 5. The van der Waals surface area contributed by atoms with Crippen LogP contribution in [0.1, 0.15) is 92.0 Å². The third-order valence-electron chi connectivity index (χ3n) is 15.2. The number of aliphatic hydroxyl groups is 1. The average molecular weight is 1120 g/mol. The minimum atomic E-state index is -1.85. The van der Waals surface area contributed by atoms with Gasteiger partial charge in [0.05, 0.1) is 74.2 Å². The van der Waals surface area contributed by atoms with Crippen LogP contribution in [0.2, 0.25) is 38.3 Å². The fraction of sp³-hybridized carbons (Fsp3) is 0.411. The lowest BCUT2D eigenvalue weighted by molar-refractivity contribution is -0.188. The quantitative estimate of drug-likeness (QED) is 0.0214. The number of aromatic nitrogens is 4. The van der Waals surface area contributed by atoms with Crippen molar-refractivity contribution in [3.05, 3.63) is 147 Å². The molecule has 10 rings (SSSR count). The smallest absolute Gasteiger partial charge is 0.355 e. The van der Waals surface area contributed by atoms with Gasteiger partial charge < -0.3 is 33.2 Å². The maximum atomic E-state index is 13.8. The highest BCUT2D eigenvalue weighted by Crippen LogP contribution is 2.44. The predicted octanol–water partition coefficient (Wildman–Crippen LogP) is 9.03. The molecular formula is C56H62N10O12Si2. The van der Waals surface area contributed by atoms with Crippen LogP contribution in [-0.4, -0.2) is 82.5 Å². The van der Waals surface area contributed by atoms with E-state index < -0.39 is 57.2 Å². The molecule has 24 heteroatoms. The van der Waals surface area contributed by atoms with Gasteiger partial charge in [-0.25, -0.2) is 19.6 Å². The minimum Gasteiger partial charge on any atom is -0.458 e. The molecule has 1 N–H and O–H groups in total. The number of azide groups is 2. The van der Waals surface area contributed by atoms with E-state index in [2.05, 4.69) is 57.0 Å². The van der Waals surface area contributed by atoms with Gasteiger partial charge in [-0.2, -0.15) is 0 Å². The lowest BCUT2D eigenvalue weighted by atomic mass is 9.85. The molecule has 0 bridgehead atoms. The van der Waals surface area contributed by atoms with Gasteiger partial charge in [-0.15, -0.1) is 0 Å². The van der Waals surface area contributed by atoms with E-state index in [1.165, 1.54) is 20.8 Å². The van der Waals surface area contributed by atoms with Gasteiger partial charge >= 0.3 is 29.8 Å². The topological polar surface area (TPSA) is 310 Å². The number of carbonyl (C=O) groups is 5. The first-order valence-corrected chi connectivity index (χ1v) is 33.1. The molecule has 2 atom stereocenters. The van der Waals surface area contributed by atoms with Crippen molar-refractivity contribution < 1.29 is 48.0 Å². The van der Waals surface area contributed by atoms with Crippen molar-refractivity contribution in [2.24, 2.45) is 10.2 Å². The van der Waals surface area contributed by atoms with Gasteiger partial charge in [0.1, 0.15) is 13.2 Å². The van der Waals surface area contributed by atoms with Crippen molar-refractivity contribution in [3.8, 4) is 22.8 Å². The standard InChI is InChI=1S/C27H29N5O5Si.C25H27N5O4Si.C4H6O3/c1-5-27(37-16(2)33)21-12-23-24-19(13-32(23)25(34)20(21)14-36-26(27)35)17(10-11-38(3,4)15-29-31-28)18-8-6-7-9-22(18)30-24;1-4-25(33)19-11-21-22-17(12-30(21)23(31)18(19)13-34-24(25)32)15(9-10-35(2,3)14-27-29-26)16-7-5-6-8-20(16)28-22;1-3(5)7-4(2)6/h6-9,12H,5,10-11,13-15H2,1-4H3;5-8,11,33H,4,9-10,12-14H2,1-3H3;1-2H3/t27-;25-;/m00./s1. The number of cyclic esters (lactones) is 2. The van der Waals surface area contributed by atoms with E-state index in [1.807, 2.05) is 42.5 Å². The van der Waals surface area contributed by atoms with Crippen LogP contribution in [0.4, 0.5) is 0 Å². The van der Waals surface area contributed by atoms with Gasteiger partial charge in [-0.1, -0.05) is 98.8 Å². The summed E-state index contributed by atoms with van der Waals surface area (Å²) in [5, 5.41) is 20.9. The summed E-state index contributed by atoms with van der Waals surface area (Å²) >= 11 is 0. The Morgan fingerprint density at radius 2 is 1.10 bits per heavy atom. The van der Waals surface area contributed by atoms with Gasteiger partial charge in [0.2, 0.25) is 5.60 Å². The lowest BCUT2D eigenvalue weighted by Crippen LogP contribution is -2.47. The summed E-state index contributed by atoms with van der Waals surface area (Å²) in [4.78, 5) is 100. The third-order valence-corrected chi connectivity index (χ3v) is 20.4. The second-order valence-corrected chi connectivity index (χ2v) is 32.1. The molecule has 0 aliphatic carbocycles. The molecule has 22 nitrogen and oxygen atoms in total. The highest BCUT2D eigenvalue weighted by Gasteiger charge is 2.50. The Balaban J connectivity index is 0.000000188. The van der Waals surface area contributed by atoms with Crippen LogP contribution in [0.3, 0.4) is 0 Å². The zero-order chi connectivity index (χ0) is 58.1. The Morgan fingerprint density at radius 1 is 0.662 bits per heavy atom. The van der Waals surface area contributed by atoms with E-state index in [0.29, 0.717) is 70.5 Å². The second kappa shape index (κ2) is 22.8. The highest BCUT2D eigenvalue weighted by molar-refractivity contribution is 6.78. The molecule has 0 amide bonds. The van der Waals surface area contributed by atoms with Gasteiger partial charge in [-0.05, 0) is 72.1 Å². The normalized spacial score (nSPS) is 17.2. The number of aryl methyl sites for hydroxylation is 2. The summed E-state index contributed by atoms with van der Waals surface area (Å²) in [5.74, 6) is -3.16. The maximum Gasteiger partial charge on any atom is 0.355 e. The van der Waals surface area contributed by atoms with Crippen LogP contribution < -0.4 is 11.1 Å². The van der Waals surface area contributed by atoms with Crippen molar-refractivity contribution in [2.45, 2.75) is 136 Å². The molecule has 0 fully saturated rings. The summed E-state index contributed by atoms with van der Waals surface area (Å²) < 4.78 is 23.4. The number of esters is 5. The number of fused-ring (bicyclic) bond motifs is 10. The Labute approximate surface area is 461 Å². The predicted molar refractivity (Wildman–Crippen MR) is 301 cm³/mol. The summed E-state index contributed by atoms with van der Waals surface area (Å²) in [6.45, 7) is 16.3. The molecule has 0 radical (unpaired) electrons. The zero-order valence-corrected chi connectivity index (χ0v) is 48.2. The number of hydrogen-bond donors (Lipinski definition) is 1. The molecule has 2 aromatic carbocycles. The lowest BCUT2D eigenvalue weighted by Gasteiger charge is -2.35. The van der Waals surface area contributed by atoms with E-state index in [1.54, 1.807) is 35.1 Å². The number of nitrogens with zero attached hydrogens (tertiary/aromatic N) is 10. The number of hydrogen-bond acceptors (Lipinski definition) is 16. The molecule has 0 spiro atoms. The fourth-order valence-electron chi connectivity index (χ4n) is 10.9. The van der Waals surface area contributed by atoms with Gasteiger partial charge in [-0.3, -0.25) is 24.0 Å². The van der Waals surface area contributed by atoms with Gasteiger partial charge in [0.15, 0.2) is 5.60 Å². The first-order valence-electron chi connectivity index (χ1n) is 26.3. The van der Waals surface area contributed by atoms with Crippen molar-refractivity contribution in [3.63, 3.8) is 0 Å². The van der Waals surface area contributed by atoms with E-state index in [-0.39, 0.29) is 37.2 Å². The van der Waals surface area contributed by atoms with Crippen LogP contribution in [0, 0.1) is 0 Å². The molecule has 8 heterocycles. The third kappa shape index (κ3) is 11.0. The molecule has 416 valence electrons. The van der Waals surface area contributed by atoms with Gasteiger partial charge in [0, 0.05) is 76.0 Å². The van der Waals surface area contributed by atoms with E-state index >= 15 is 0 Å². The maximum absolute atomic E-state index is 13.8. The molecule has 4 aliphatic rings. The summed E-state index contributed by atoms with van der Waals surface area (Å²) in [5.41, 5.74) is 23.3. The van der Waals surface area contributed by atoms with E-state index in [9.17, 15) is 38.7 Å². The van der Waals surface area contributed by atoms with Crippen molar-refractivity contribution in [2.75, 3.05) is 12.3 Å². The van der Waals surface area contributed by atoms with E-state index in [4.69, 9.17) is 35.2 Å². The first kappa shape index (κ1) is 57.9. The van der Waals surface area contributed by atoms with Crippen LogP contribution in [0.5, 0.6) is 0 Å². The molecule has 0 unspecified atom stereocenters. The Bertz CT molecular complexity index is 3800. The summed E-state index contributed by atoms with van der Waals surface area (Å²) in [6, 6.07) is 21.2. The molecule has 6 aromatic rings. The molecule has 4 aromatic heterocycles. The minimum absolute atomic E-state index is 0.107. The summed E-state index contributed by atoms with van der Waals surface area (Å²) in [7, 11) is -3.57. The summed E-state index contributed by atoms with van der Waals surface area (Å²) in [6.07, 6.45) is 2.84. The molecule has 80 heavy (non-hydrogen) atoms. The number of rotatable bonds is 13. The molecule has 4 aliphatic heterocycles. The molecule has 0 saturated heterocycles. The second-order valence-electron chi connectivity index (χ2n) is 21.8. The Hall–Kier alpha value is -8.28. The van der Waals surface area contributed by atoms with Crippen molar-refractivity contribution >= 4 is 67.8 Å². The largest absolute Gasteiger partial charge is 0.458 e. The van der Waals surface area contributed by atoms with Crippen LogP contribution in [-0.2, 0) is 93.3 Å². The Morgan fingerprint density at radius 3 is 1.51 bits per heavy atom.